The van der Waals surface area contributed by atoms with Crippen molar-refractivity contribution in [2.45, 2.75) is 114 Å². The summed E-state index contributed by atoms with van der Waals surface area (Å²) in [5, 5.41) is 12.6. The minimum atomic E-state index is -3.19. The Morgan fingerprint density at radius 2 is 1.85 bits per heavy atom. The van der Waals surface area contributed by atoms with E-state index in [2.05, 4.69) is 15.1 Å². The van der Waals surface area contributed by atoms with E-state index in [1.54, 1.807) is 51.2 Å². The second kappa shape index (κ2) is 13.7. The predicted molar refractivity (Wildman–Crippen MR) is 174 cm³/mol. The van der Waals surface area contributed by atoms with Crippen LogP contribution in [0.2, 0.25) is 5.28 Å². The summed E-state index contributed by atoms with van der Waals surface area (Å²) in [5.41, 5.74) is 1.14. The number of rotatable bonds is 11. The Hall–Kier alpha value is -2.43. The lowest BCUT2D eigenvalue weighted by molar-refractivity contribution is -0.207. The molecule has 3 fully saturated rings. The highest BCUT2D eigenvalue weighted by Crippen LogP contribution is 2.55. The molecule has 2 aromatic heterocycles. The molecule has 2 saturated heterocycles. The van der Waals surface area contributed by atoms with Gasteiger partial charge >= 0.3 is 6.09 Å². The number of amides is 2. The van der Waals surface area contributed by atoms with Gasteiger partial charge in [0, 0.05) is 13.2 Å². The number of hydrogen-bond acceptors (Lipinski definition) is 13. The van der Waals surface area contributed by atoms with Crippen LogP contribution in [-0.2, 0) is 37.8 Å². The van der Waals surface area contributed by atoms with Crippen molar-refractivity contribution in [3.63, 3.8) is 0 Å². The van der Waals surface area contributed by atoms with Gasteiger partial charge in [0.2, 0.25) is 11.2 Å². The van der Waals surface area contributed by atoms with Crippen molar-refractivity contribution in [3.8, 4) is 0 Å². The van der Waals surface area contributed by atoms with Crippen molar-refractivity contribution in [1.82, 2.24) is 25.2 Å². The fraction of sp³-hybridized carbons (Fsp3) is 0.767. The van der Waals surface area contributed by atoms with Gasteiger partial charge in [-0.1, -0.05) is 12.8 Å². The normalized spacial score (nSPS) is 25.6. The first-order valence-electron chi connectivity index (χ1n) is 15.9. The molecule has 16 nitrogen and oxygen atoms in total. The van der Waals surface area contributed by atoms with Crippen LogP contribution in [0.15, 0.2) is 6.20 Å². The van der Waals surface area contributed by atoms with E-state index in [1.165, 1.54) is 25.1 Å². The number of hydrogen-bond donors (Lipinski definition) is 2. The number of fused-ring (bicyclic) bond motifs is 2. The molecule has 4 heterocycles. The van der Waals surface area contributed by atoms with Gasteiger partial charge in [-0.15, -0.1) is 0 Å². The maximum absolute atomic E-state index is 13.6. The number of nitrogens with zero attached hydrogens (tertiary/aromatic N) is 5. The van der Waals surface area contributed by atoms with Gasteiger partial charge in [-0.05, 0) is 72.4 Å². The van der Waals surface area contributed by atoms with Crippen LogP contribution in [0.4, 0.5) is 10.6 Å². The van der Waals surface area contributed by atoms with Crippen molar-refractivity contribution in [2.24, 2.45) is 0 Å². The van der Waals surface area contributed by atoms with Crippen LogP contribution in [0.25, 0.3) is 11.0 Å². The second-order valence-electron chi connectivity index (χ2n) is 14.3. The molecule has 0 unspecified atom stereocenters. The third kappa shape index (κ3) is 7.51. The Morgan fingerprint density at radius 3 is 2.46 bits per heavy atom. The number of nitrogens with one attached hydrogen (secondary N) is 1. The lowest BCUT2D eigenvalue weighted by Gasteiger charge is -2.37. The van der Waals surface area contributed by atoms with Crippen LogP contribution in [0.5, 0.6) is 0 Å². The summed E-state index contributed by atoms with van der Waals surface area (Å²) in [6, 6.07) is -0.147. The zero-order valence-electron chi connectivity index (χ0n) is 28.6. The molecule has 0 radical (unpaired) electrons. The van der Waals surface area contributed by atoms with Gasteiger partial charge in [-0.25, -0.2) is 15.0 Å². The molecule has 2 aliphatic heterocycles. The lowest BCUT2D eigenvalue weighted by Crippen LogP contribution is -2.45. The van der Waals surface area contributed by atoms with Crippen molar-refractivity contribution in [1.29, 1.82) is 0 Å². The highest BCUT2D eigenvalue weighted by atomic mass is 35.5. The van der Waals surface area contributed by atoms with Crippen molar-refractivity contribution in [3.05, 3.63) is 11.5 Å². The number of carbonyl (C=O) groups excluding carboxylic acids is 2. The second-order valence-corrected chi connectivity index (χ2v) is 18.2. The molecule has 0 spiro atoms. The average Bonchev–Trinajstić information content (AvgIpc) is 3.75. The van der Waals surface area contributed by atoms with Crippen LogP contribution < -0.4 is 10.4 Å². The molecule has 268 valence electrons. The third-order valence-electron chi connectivity index (χ3n) is 8.71. The number of hydroxylamine groups is 1. The molecule has 1 saturated carbocycles. The van der Waals surface area contributed by atoms with Crippen molar-refractivity contribution < 1.29 is 47.8 Å². The standard InChI is InChI=1S/C30H46ClN6O10P/c1-28(2,3)47-27(39)36(17-11-9-10-12-17)23-18-14-32-37(24(18)34-26(31)33-23)25-22-21(45-29(4,5)46-22)19(44-25)15-43-30(16-42-6,48(7,8)41)13-20(38)35-40/h14,17,19,21-22,25,40H,9-13,15-16H2,1-8H3,(H,35,38)/t19-,21-,22-,25-,30+/m1/s1. The Morgan fingerprint density at radius 1 is 1.19 bits per heavy atom. The van der Waals surface area contributed by atoms with Gasteiger partial charge in [0.25, 0.3) is 0 Å². The summed E-state index contributed by atoms with van der Waals surface area (Å²) < 4.78 is 51.4. The van der Waals surface area contributed by atoms with E-state index in [0.717, 1.165) is 25.7 Å². The Labute approximate surface area is 284 Å². The number of anilines is 1. The molecule has 0 aromatic carbocycles. The van der Waals surface area contributed by atoms with Crippen LogP contribution in [0.1, 0.15) is 73.0 Å². The Bertz CT molecular complexity index is 1560. The SMILES string of the molecule is COC[C@@](CC(=O)NO)(OC[C@H]1O[C@@H](n2ncc3c(N(C(=O)OC(C)(C)C)C4CCCC4)nc(Cl)nc32)[C@@H]2OC(C)(C)O[C@@H]21)P(C)(C)=O. The maximum Gasteiger partial charge on any atom is 0.416 e. The van der Waals surface area contributed by atoms with Gasteiger partial charge in [-0.2, -0.15) is 15.1 Å². The van der Waals surface area contributed by atoms with Gasteiger partial charge in [0.05, 0.1) is 31.2 Å². The van der Waals surface area contributed by atoms with Crippen molar-refractivity contribution >= 4 is 47.6 Å². The molecule has 18 heteroatoms. The molecule has 5 rings (SSSR count). The summed E-state index contributed by atoms with van der Waals surface area (Å²) in [6.07, 6.45) is 1.03. The van der Waals surface area contributed by atoms with E-state index in [0.29, 0.717) is 11.0 Å². The summed E-state index contributed by atoms with van der Waals surface area (Å²) >= 11 is 6.51. The van der Waals surface area contributed by atoms with E-state index in [9.17, 15) is 19.4 Å². The zero-order chi connectivity index (χ0) is 35.2. The summed E-state index contributed by atoms with van der Waals surface area (Å²) in [7, 11) is -1.78. The van der Waals surface area contributed by atoms with Gasteiger partial charge in [0.1, 0.15) is 31.1 Å². The fourth-order valence-electron chi connectivity index (χ4n) is 6.53. The van der Waals surface area contributed by atoms with Gasteiger partial charge in [0.15, 0.2) is 28.8 Å². The molecule has 2 amide bonds. The summed E-state index contributed by atoms with van der Waals surface area (Å²) in [5.74, 6) is -1.50. The number of ether oxygens (including phenoxy) is 6. The van der Waals surface area contributed by atoms with Gasteiger partial charge in [-0.3, -0.25) is 14.9 Å². The highest BCUT2D eigenvalue weighted by molar-refractivity contribution is 7.63. The smallest absolute Gasteiger partial charge is 0.416 e. The lowest BCUT2D eigenvalue weighted by atomic mass is 10.1. The topological polar surface area (TPSA) is 186 Å². The van der Waals surface area contributed by atoms with E-state index >= 15 is 0 Å². The van der Waals surface area contributed by atoms with Crippen molar-refractivity contribution in [2.75, 3.05) is 38.6 Å². The molecule has 48 heavy (non-hydrogen) atoms. The average molecular weight is 717 g/mol. The molecule has 5 atom stereocenters. The first kappa shape index (κ1) is 36.8. The Balaban J connectivity index is 1.51. The Kier molecular flexibility index (Phi) is 10.5. The van der Waals surface area contributed by atoms with E-state index in [1.807, 2.05) is 0 Å². The fourth-order valence-corrected chi connectivity index (χ4v) is 8.04. The maximum atomic E-state index is 13.6. The molecule has 2 N–H and O–H groups in total. The molecular formula is C30H46ClN6O10P. The number of carbonyl (C=O) groups is 2. The first-order chi connectivity index (χ1) is 22.4. The summed E-state index contributed by atoms with van der Waals surface area (Å²) in [4.78, 5) is 36.4. The van der Waals surface area contributed by atoms with E-state index in [4.69, 9.17) is 40.0 Å². The number of halogens is 1. The van der Waals surface area contributed by atoms with E-state index in [-0.39, 0.29) is 30.4 Å². The molecule has 3 aliphatic rings. The number of methoxy groups -OCH3 is 1. The largest absolute Gasteiger partial charge is 0.443 e. The quantitative estimate of drug-likeness (QED) is 0.144. The zero-order valence-corrected chi connectivity index (χ0v) is 30.2. The minimum absolute atomic E-state index is 0.0997. The monoisotopic (exact) mass is 716 g/mol. The van der Waals surface area contributed by atoms with Crippen LogP contribution in [0.3, 0.4) is 0 Å². The van der Waals surface area contributed by atoms with Crippen LogP contribution in [-0.4, -0.2) is 112 Å². The van der Waals surface area contributed by atoms with Gasteiger partial charge < -0.3 is 33.0 Å². The first-order valence-corrected chi connectivity index (χ1v) is 18.9. The van der Waals surface area contributed by atoms with Crippen LogP contribution in [0, 0.1) is 0 Å². The molecule has 1 aliphatic carbocycles. The summed E-state index contributed by atoms with van der Waals surface area (Å²) in [6.45, 7) is 11.6. The van der Waals surface area contributed by atoms with E-state index < -0.39 is 66.8 Å². The number of aromatic nitrogens is 4. The molecule has 2 aromatic rings. The predicted octanol–water partition coefficient (Wildman–Crippen LogP) is 4.46. The van der Waals surface area contributed by atoms with Crippen LogP contribution >= 0.6 is 18.7 Å². The molecule has 0 bridgehead atoms. The highest BCUT2D eigenvalue weighted by Gasteiger charge is 2.57. The third-order valence-corrected chi connectivity index (χ3v) is 11.3. The molecular weight excluding hydrogens is 671 g/mol. The minimum Gasteiger partial charge on any atom is -0.443 e.